The van der Waals surface area contributed by atoms with Crippen molar-refractivity contribution in [1.29, 1.82) is 0 Å². The lowest BCUT2D eigenvalue weighted by atomic mass is 9.86. The predicted octanol–water partition coefficient (Wildman–Crippen LogP) is 3.98. The Bertz CT molecular complexity index is 1200. The summed E-state index contributed by atoms with van der Waals surface area (Å²) in [5, 5.41) is 1.13. The van der Waals surface area contributed by atoms with Crippen LogP contribution in [0.4, 0.5) is 0 Å². The molecule has 1 fully saturated rings. The van der Waals surface area contributed by atoms with Crippen molar-refractivity contribution in [3.63, 3.8) is 0 Å². The highest BCUT2D eigenvalue weighted by Gasteiger charge is 2.48. The van der Waals surface area contributed by atoms with E-state index in [0.717, 1.165) is 39.7 Å². The fraction of sp³-hybridized carbons (Fsp3) is 0.407. The predicted molar refractivity (Wildman–Crippen MR) is 128 cm³/mol. The molecule has 1 N–H and O–H groups in total. The van der Waals surface area contributed by atoms with Crippen molar-refractivity contribution >= 4 is 22.7 Å². The monoisotopic (exact) mass is 445 g/mol. The van der Waals surface area contributed by atoms with Gasteiger partial charge in [0.05, 0.1) is 18.7 Å². The molecule has 1 unspecified atom stereocenters. The molecule has 1 saturated heterocycles. The van der Waals surface area contributed by atoms with Gasteiger partial charge in [0.2, 0.25) is 11.8 Å². The number of aromatic nitrogens is 1. The highest BCUT2D eigenvalue weighted by Crippen LogP contribution is 2.42. The van der Waals surface area contributed by atoms with Crippen LogP contribution in [0, 0.1) is 6.92 Å². The van der Waals surface area contributed by atoms with Gasteiger partial charge in [-0.1, -0.05) is 48.0 Å². The number of hydrogen-bond acceptors (Lipinski definition) is 3. The third-order valence-electron chi connectivity index (χ3n) is 6.72. The number of carbonyl (C=O) groups excluding carboxylic acids is 2. The van der Waals surface area contributed by atoms with E-state index < -0.39 is 6.04 Å². The standard InChI is InChI=1S/C27H31N3O3/c1-17(2)33-13-7-12-29-16-24(31)30-23(27(29)32)15-21-20-10-4-5-11-22(20)28-25(21)26(30)19-9-6-8-18(3)14-19/h4-6,8-11,14,17,23,26,28H,7,12-13,15-16H2,1-3H3/t23-,26?/m0/s1. The zero-order valence-corrected chi connectivity index (χ0v) is 19.5. The van der Waals surface area contributed by atoms with Gasteiger partial charge in [-0.3, -0.25) is 9.59 Å². The van der Waals surface area contributed by atoms with E-state index in [4.69, 9.17) is 4.74 Å². The molecule has 172 valence electrons. The van der Waals surface area contributed by atoms with Crippen molar-refractivity contribution < 1.29 is 14.3 Å². The van der Waals surface area contributed by atoms with Crippen LogP contribution in [-0.2, 0) is 20.7 Å². The SMILES string of the molecule is Cc1cccc(C2c3[nH]c4ccccc4c3C[C@H]3C(=O)N(CCCOC(C)C)CC(=O)N23)c1. The lowest BCUT2D eigenvalue weighted by molar-refractivity contribution is -0.158. The number of piperazine rings is 1. The van der Waals surface area contributed by atoms with E-state index in [1.807, 2.05) is 36.9 Å². The largest absolute Gasteiger partial charge is 0.379 e. The Morgan fingerprint density at radius 3 is 2.73 bits per heavy atom. The summed E-state index contributed by atoms with van der Waals surface area (Å²) in [5.74, 6) is 0.0351. The second-order valence-corrected chi connectivity index (χ2v) is 9.43. The topological polar surface area (TPSA) is 65.6 Å². The summed E-state index contributed by atoms with van der Waals surface area (Å²) in [5.41, 5.74) is 5.38. The average molecular weight is 446 g/mol. The number of ether oxygens (including phenoxy) is 1. The third kappa shape index (κ3) is 3.93. The van der Waals surface area contributed by atoms with E-state index >= 15 is 0 Å². The van der Waals surface area contributed by atoms with E-state index in [9.17, 15) is 9.59 Å². The maximum absolute atomic E-state index is 13.6. The zero-order chi connectivity index (χ0) is 23.1. The van der Waals surface area contributed by atoms with Gasteiger partial charge >= 0.3 is 0 Å². The number of amides is 2. The Morgan fingerprint density at radius 2 is 1.94 bits per heavy atom. The number of hydrogen-bond donors (Lipinski definition) is 1. The second-order valence-electron chi connectivity index (χ2n) is 9.43. The number of benzene rings is 2. The molecule has 0 aliphatic carbocycles. The molecule has 3 heterocycles. The first kappa shape index (κ1) is 21.7. The number of H-pyrrole nitrogens is 1. The van der Waals surface area contributed by atoms with Gasteiger partial charge in [0, 0.05) is 36.2 Å². The molecule has 0 bridgehead atoms. The summed E-state index contributed by atoms with van der Waals surface area (Å²) in [6.45, 7) is 7.30. The summed E-state index contributed by atoms with van der Waals surface area (Å²) in [6.07, 6.45) is 1.42. The molecule has 0 radical (unpaired) electrons. The van der Waals surface area contributed by atoms with Crippen molar-refractivity contribution in [3.05, 3.63) is 70.9 Å². The number of rotatable bonds is 6. The van der Waals surface area contributed by atoms with Crippen LogP contribution in [0.25, 0.3) is 10.9 Å². The number of nitrogens with zero attached hydrogens (tertiary/aromatic N) is 2. The number of aromatic amines is 1. The molecule has 0 spiro atoms. The normalized spacial score (nSPS) is 20.5. The molecule has 2 aliphatic rings. The van der Waals surface area contributed by atoms with Crippen LogP contribution >= 0.6 is 0 Å². The number of fused-ring (bicyclic) bond motifs is 4. The van der Waals surface area contributed by atoms with Gasteiger partial charge in [-0.25, -0.2) is 0 Å². The van der Waals surface area contributed by atoms with Crippen molar-refractivity contribution in [2.75, 3.05) is 19.7 Å². The molecular weight excluding hydrogens is 414 g/mol. The van der Waals surface area contributed by atoms with Gasteiger partial charge in [0.15, 0.2) is 0 Å². The van der Waals surface area contributed by atoms with E-state index in [1.165, 1.54) is 0 Å². The molecule has 2 aliphatic heterocycles. The van der Waals surface area contributed by atoms with E-state index in [0.29, 0.717) is 19.6 Å². The maximum Gasteiger partial charge on any atom is 0.246 e. The van der Waals surface area contributed by atoms with Crippen LogP contribution < -0.4 is 0 Å². The van der Waals surface area contributed by atoms with Crippen LogP contribution in [0.3, 0.4) is 0 Å². The quantitative estimate of drug-likeness (QED) is 0.584. The molecular formula is C27H31N3O3. The Balaban J connectivity index is 1.53. The van der Waals surface area contributed by atoms with Gasteiger partial charge in [-0.05, 0) is 44.4 Å². The van der Waals surface area contributed by atoms with Crippen LogP contribution in [0.5, 0.6) is 0 Å². The third-order valence-corrected chi connectivity index (χ3v) is 6.72. The molecule has 1 aromatic heterocycles. The summed E-state index contributed by atoms with van der Waals surface area (Å²) >= 11 is 0. The Hall–Kier alpha value is -3.12. The lowest BCUT2D eigenvalue weighted by Gasteiger charge is -2.47. The van der Waals surface area contributed by atoms with Crippen LogP contribution in [0.2, 0.25) is 0 Å². The summed E-state index contributed by atoms with van der Waals surface area (Å²) in [4.78, 5) is 34.3. The number of carbonyl (C=O) groups is 2. The Morgan fingerprint density at radius 1 is 1.12 bits per heavy atom. The van der Waals surface area contributed by atoms with Crippen LogP contribution in [0.15, 0.2) is 48.5 Å². The maximum atomic E-state index is 13.6. The summed E-state index contributed by atoms with van der Waals surface area (Å²) in [6, 6.07) is 15.7. The first-order chi connectivity index (χ1) is 15.9. The van der Waals surface area contributed by atoms with Crippen LogP contribution in [0.1, 0.15) is 48.7 Å². The molecule has 6 heteroatoms. The average Bonchev–Trinajstić information content (AvgIpc) is 3.16. The number of aryl methyl sites for hydroxylation is 1. The lowest BCUT2D eigenvalue weighted by Crippen LogP contribution is -2.63. The minimum absolute atomic E-state index is 0.000176. The van der Waals surface area contributed by atoms with Crippen molar-refractivity contribution in [2.45, 2.75) is 51.8 Å². The Kier molecular flexibility index (Phi) is 5.71. The van der Waals surface area contributed by atoms with Crippen LogP contribution in [-0.4, -0.2) is 58.4 Å². The second kappa shape index (κ2) is 8.67. The summed E-state index contributed by atoms with van der Waals surface area (Å²) in [7, 11) is 0. The van der Waals surface area contributed by atoms with Gasteiger partial charge in [0.1, 0.15) is 6.04 Å². The van der Waals surface area contributed by atoms with Gasteiger partial charge in [-0.15, -0.1) is 0 Å². The molecule has 33 heavy (non-hydrogen) atoms. The number of para-hydroxylation sites is 1. The highest BCUT2D eigenvalue weighted by molar-refractivity contribution is 5.97. The molecule has 3 aromatic rings. The minimum atomic E-state index is -0.491. The first-order valence-electron chi connectivity index (χ1n) is 11.8. The fourth-order valence-corrected chi connectivity index (χ4v) is 5.27. The first-order valence-corrected chi connectivity index (χ1v) is 11.8. The molecule has 2 atom stereocenters. The zero-order valence-electron chi connectivity index (χ0n) is 19.5. The van der Waals surface area contributed by atoms with E-state index in [2.05, 4.69) is 42.2 Å². The van der Waals surface area contributed by atoms with Crippen molar-refractivity contribution in [2.24, 2.45) is 0 Å². The molecule has 5 rings (SSSR count). The minimum Gasteiger partial charge on any atom is -0.379 e. The molecule has 2 amide bonds. The molecule has 0 saturated carbocycles. The van der Waals surface area contributed by atoms with E-state index in [-0.39, 0.29) is 30.5 Å². The Labute approximate surface area is 194 Å². The van der Waals surface area contributed by atoms with E-state index in [1.54, 1.807) is 4.90 Å². The highest BCUT2D eigenvalue weighted by atomic mass is 16.5. The molecule has 2 aromatic carbocycles. The number of nitrogens with one attached hydrogen (secondary N) is 1. The van der Waals surface area contributed by atoms with Crippen molar-refractivity contribution in [3.8, 4) is 0 Å². The van der Waals surface area contributed by atoms with Gasteiger partial charge < -0.3 is 19.5 Å². The van der Waals surface area contributed by atoms with Gasteiger partial charge in [-0.2, -0.15) is 0 Å². The van der Waals surface area contributed by atoms with Crippen molar-refractivity contribution in [1.82, 2.24) is 14.8 Å². The smallest absolute Gasteiger partial charge is 0.246 e. The summed E-state index contributed by atoms with van der Waals surface area (Å²) < 4.78 is 5.63. The molecule has 6 nitrogen and oxygen atoms in total. The fourth-order valence-electron chi connectivity index (χ4n) is 5.27. The van der Waals surface area contributed by atoms with Gasteiger partial charge in [0.25, 0.3) is 0 Å².